The highest BCUT2D eigenvalue weighted by molar-refractivity contribution is 5.75. The van der Waals surface area contributed by atoms with Gasteiger partial charge in [-0.25, -0.2) is 4.79 Å². The van der Waals surface area contributed by atoms with Crippen molar-refractivity contribution >= 4 is 12.0 Å². The number of nitrogens with zero attached hydrogens (tertiary/aromatic N) is 1. The summed E-state index contributed by atoms with van der Waals surface area (Å²) in [5.74, 6) is -0.193. The minimum atomic E-state index is -0.923. The molecule has 0 saturated heterocycles. The number of amides is 2. The predicted octanol–water partition coefficient (Wildman–Crippen LogP) is 1.92. The summed E-state index contributed by atoms with van der Waals surface area (Å²) in [6, 6.07) is 2.84. The number of rotatable bonds is 6. The van der Waals surface area contributed by atoms with E-state index in [9.17, 15) is 9.59 Å². The Hall–Kier alpha value is -1.98. The fourth-order valence-corrected chi connectivity index (χ4v) is 1.62. The lowest BCUT2D eigenvalue weighted by Crippen LogP contribution is -2.45. The molecule has 2 amide bonds. The molecule has 1 heterocycles. The number of aliphatic carboxylic acids is 1. The van der Waals surface area contributed by atoms with Gasteiger partial charge in [-0.05, 0) is 18.1 Å². The Bertz CT molecular complexity index is 414. The molecular formula is C13H20N2O4. The fraction of sp³-hybridized carbons (Fsp3) is 0.538. The summed E-state index contributed by atoms with van der Waals surface area (Å²) >= 11 is 0. The minimum absolute atomic E-state index is 0.0528. The molecular weight excluding hydrogens is 248 g/mol. The van der Waals surface area contributed by atoms with E-state index in [2.05, 4.69) is 5.32 Å². The predicted molar refractivity (Wildman–Crippen MR) is 69.6 cm³/mol. The number of nitrogens with one attached hydrogen (secondary N) is 1. The van der Waals surface area contributed by atoms with Crippen LogP contribution in [0.4, 0.5) is 4.79 Å². The number of hydrogen-bond donors (Lipinski definition) is 2. The van der Waals surface area contributed by atoms with Crippen LogP contribution in [0.3, 0.4) is 0 Å². The van der Waals surface area contributed by atoms with E-state index in [-0.39, 0.29) is 24.4 Å². The highest BCUT2D eigenvalue weighted by Gasteiger charge is 2.21. The van der Waals surface area contributed by atoms with Gasteiger partial charge >= 0.3 is 12.0 Å². The van der Waals surface area contributed by atoms with Gasteiger partial charge in [0.25, 0.3) is 0 Å². The topological polar surface area (TPSA) is 82.8 Å². The lowest BCUT2D eigenvalue weighted by Gasteiger charge is -2.24. The molecule has 0 aliphatic rings. The molecule has 1 aromatic heterocycles. The standard InChI is InChI=1S/C13H20N2O4/c1-9(2)11(7-12(16)17)14-13(18)15(3)8-10-5-4-6-19-10/h4-6,9,11H,7-8H2,1-3H3,(H,14,18)(H,16,17). The van der Waals surface area contributed by atoms with Crippen LogP contribution in [-0.4, -0.2) is 35.1 Å². The van der Waals surface area contributed by atoms with Gasteiger partial charge in [-0.15, -0.1) is 0 Å². The summed E-state index contributed by atoms with van der Waals surface area (Å²) in [5, 5.41) is 11.5. The molecule has 0 saturated carbocycles. The average Bonchev–Trinajstić information content (AvgIpc) is 2.79. The molecule has 0 bridgehead atoms. The summed E-state index contributed by atoms with van der Waals surface area (Å²) in [7, 11) is 1.63. The van der Waals surface area contributed by atoms with E-state index in [0.29, 0.717) is 12.3 Å². The van der Waals surface area contributed by atoms with Crippen molar-refractivity contribution in [2.24, 2.45) is 5.92 Å². The maximum atomic E-state index is 11.9. The van der Waals surface area contributed by atoms with E-state index >= 15 is 0 Å². The summed E-state index contributed by atoms with van der Waals surface area (Å²) < 4.78 is 5.16. The van der Waals surface area contributed by atoms with Crippen molar-refractivity contribution in [3.8, 4) is 0 Å². The van der Waals surface area contributed by atoms with Crippen LogP contribution in [0.2, 0.25) is 0 Å². The monoisotopic (exact) mass is 268 g/mol. The molecule has 6 nitrogen and oxygen atoms in total. The van der Waals surface area contributed by atoms with Gasteiger partial charge in [-0.1, -0.05) is 13.8 Å². The number of hydrogen-bond acceptors (Lipinski definition) is 3. The molecule has 1 aromatic rings. The van der Waals surface area contributed by atoms with E-state index < -0.39 is 5.97 Å². The SMILES string of the molecule is CC(C)C(CC(=O)O)NC(=O)N(C)Cc1ccco1. The Morgan fingerprint density at radius 3 is 2.63 bits per heavy atom. The second-order valence-corrected chi connectivity index (χ2v) is 4.83. The number of urea groups is 1. The molecule has 0 aliphatic carbocycles. The van der Waals surface area contributed by atoms with E-state index in [0.717, 1.165) is 0 Å². The normalized spacial score (nSPS) is 12.2. The molecule has 1 rings (SSSR count). The van der Waals surface area contributed by atoms with Crippen molar-refractivity contribution in [3.05, 3.63) is 24.2 Å². The Morgan fingerprint density at radius 1 is 1.47 bits per heavy atom. The third-order valence-electron chi connectivity index (χ3n) is 2.83. The van der Waals surface area contributed by atoms with E-state index in [1.807, 2.05) is 13.8 Å². The van der Waals surface area contributed by atoms with Gasteiger partial charge in [-0.2, -0.15) is 0 Å². The van der Waals surface area contributed by atoms with Gasteiger partial charge in [0.15, 0.2) is 0 Å². The first-order valence-electron chi connectivity index (χ1n) is 6.16. The minimum Gasteiger partial charge on any atom is -0.481 e. The maximum absolute atomic E-state index is 11.9. The maximum Gasteiger partial charge on any atom is 0.317 e. The number of furan rings is 1. The summed E-state index contributed by atoms with van der Waals surface area (Å²) in [6.07, 6.45) is 1.46. The van der Waals surface area contributed by atoms with Crippen LogP contribution in [0, 0.1) is 5.92 Å². The van der Waals surface area contributed by atoms with Crippen molar-refractivity contribution in [2.75, 3.05) is 7.05 Å². The highest BCUT2D eigenvalue weighted by atomic mass is 16.4. The second kappa shape index (κ2) is 6.82. The van der Waals surface area contributed by atoms with Gasteiger partial charge in [0, 0.05) is 13.1 Å². The molecule has 6 heteroatoms. The molecule has 0 spiro atoms. The van der Waals surface area contributed by atoms with Gasteiger partial charge in [-0.3, -0.25) is 4.79 Å². The van der Waals surface area contributed by atoms with Crippen LogP contribution >= 0.6 is 0 Å². The molecule has 106 valence electrons. The van der Waals surface area contributed by atoms with Gasteiger partial charge in [0.05, 0.1) is 19.2 Å². The molecule has 0 aliphatic heterocycles. The first-order chi connectivity index (χ1) is 8.90. The van der Waals surface area contributed by atoms with Crippen molar-refractivity contribution in [3.63, 3.8) is 0 Å². The zero-order valence-electron chi connectivity index (χ0n) is 11.4. The Kier molecular flexibility index (Phi) is 5.41. The molecule has 0 fully saturated rings. The van der Waals surface area contributed by atoms with Gasteiger partial charge < -0.3 is 19.7 Å². The third-order valence-corrected chi connectivity index (χ3v) is 2.83. The Balaban J connectivity index is 2.53. The fourth-order valence-electron chi connectivity index (χ4n) is 1.62. The van der Waals surface area contributed by atoms with Crippen molar-refractivity contribution in [1.29, 1.82) is 0 Å². The van der Waals surface area contributed by atoms with Crippen LogP contribution in [0.15, 0.2) is 22.8 Å². The van der Waals surface area contributed by atoms with Crippen LogP contribution in [0.5, 0.6) is 0 Å². The largest absolute Gasteiger partial charge is 0.481 e. The van der Waals surface area contributed by atoms with Gasteiger partial charge in [0.2, 0.25) is 0 Å². The average molecular weight is 268 g/mol. The van der Waals surface area contributed by atoms with E-state index in [1.165, 1.54) is 4.90 Å². The van der Waals surface area contributed by atoms with Crippen molar-refractivity contribution < 1.29 is 19.1 Å². The highest BCUT2D eigenvalue weighted by Crippen LogP contribution is 2.08. The zero-order chi connectivity index (χ0) is 14.4. The first kappa shape index (κ1) is 15.1. The number of carbonyl (C=O) groups excluding carboxylic acids is 1. The molecule has 19 heavy (non-hydrogen) atoms. The van der Waals surface area contributed by atoms with Crippen LogP contribution in [0.1, 0.15) is 26.0 Å². The van der Waals surface area contributed by atoms with E-state index in [1.54, 1.807) is 25.4 Å². The number of carbonyl (C=O) groups is 2. The van der Waals surface area contributed by atoms with Gasteiger partial charge in [0.1, 0.15) is 5.76 Å². The smallest absolute Gasteiger partial charge is 0.317 e. The van der Waals surface area contributed by atoms with E-state index in [4.69, 9.17) is 9.52 Å². The quantitative estimate of drug-likeness (QED) is 0.825. The lowest BCUT2D eigenvalue weighted by molar-refractivity contribution is -0.137. The second-order valence-electron chi connectivity index (χ2n) is 4.83. The number of carboxylic acids is 1. The summed E-state index contributed by atoms with van der Waals surface area (Å²) in [4.78, 5) is 24.1. The molecule has 0 aromatic carbocycles. The lowest BCUT2D eigenvalue weighted by atomic mass is 10.0. The van der Waals surface area contributed by atoms with Crippen LogP contribution in [0.25, 0.3) is 0 Å². The Labute approximate surface area is 112 Å². The molecule has 1 unspecified atom stereocenters. The summed E-state index contributed by atoms with van der Waals surface area (Å²) in [5.41, 5.74) is 0. The van der Waals surface area contributed by atoms with Crippen LogP contribution in [-0.2, 0) is 11.3 Å². The third kappa shape index (κ3) is 5.03. The van der Waals surface area contributed by atoms with Crippen molar-refractivity contribution in [2.45, 2.75) is 32.9 Å². The molecule has 0 radical (unpaired) electrons. The first-order valence-corrected chi connectivity index (χ1v) is 6.16. The van der Waals surface area contributed by atoms with Crippen LogP contribution < -0.4 is 5.32 Å². The summed E-state index contributed by atoms with van der Waals surface area (Å²) in [6.45, 7) is 4.09. The van der Waals surface area contributed by atoms with Crippen molar-refractivity contribution in [1.82, 2.24) is 10.2 Å². The molecule has 2 N–H and O–H groups in total. The Morgan fingerprint density at radius 2 is 2.16 bits per heavy atom. The molecule has 1 atom stereocenters. The number of carboxylic acid groups (broad SMARTS) is 1. The zero-order valence-corrected chi connectivity index (χ0v) is 11.4.